The van der Waals surface area contributed by atoms with E-state index in [1.807, 2.05) is 17.5 Å². The maximum atomic E-state index is 12.2. The highest BCUT2D eigenvalue weighted by Crippen LogP contribution is 2.34. The molecular formula is C18H22N3O2S2+. The summed E-state index contributed by atoms with van der Waals surface area (Å²) in [5, 5.41) is 5.37. The van der Waals surface area contributed by atoms with E-state index in [2.05, 4.69) is 19.2 Å². The van der Waals surface area contributed by atoms with E-state index in [0.717, 1.165) is 34.8 Å². The molecule has 132 valence electrons. The molecule has 25 heavy (non-hydrogen) atoms. The molecule has 0 spiro atoms. The highest BCUT2D eigenvalue weighted by molar-refractivity contribution is 7.17. The molecule has 2 amide bonds. The van der Waals surface area contributed by atoms with Crippen molar-refractivity contribution in [2.45, 2.75) is 32.9 Å². The number of nitrogens with two attached hydrogens (primary N) is 1. The number of carbonyl (C=O) groups excluding carboxylic acids is 2. The Labute approximate surface area is 155 Å². The summed E-state index contributed by atoms with van der Waals surface area (Å²) in [5.74, 6) is -0.717. The minimum atomic E-state index is -0.469. The third-order valence-electron chi connectivity index (χ3n) is 4.42. The van der Waals surface area contributed by atoms with Crippen molar-refractivity contribution in [2.24, 2.45) is 5.73 Å². The number of anilines is 1. The Kier molecular flexibility index (Phi) is 5.36. The lowest BCUT2D eigenvalue weighted by molar-refractivity contribution is -0.936. The minimum Gasteiger partial charge on any atom is -0.365 e. The standard InChI is InChI=1S/C18H21N3O2S2/c1-11(2)21-8-7-13-14(10-21)25-18(16(13)17(19)23)20-15(22)6-5-12-4-3-9-24-12/h3-6,9,11H,7-8,10H2,1-2H3,(H2,19,23)(H,20,22)/p+1/b6-5+. The van der Waals surface area contributed by atoms with Crippen molar-refractivity contribution in [3.8, 4) is 0 Å². The van der Waals surface area contributed by atoms with Crippen molar-refractivity contribution in [1.82, 2.24) is 0 Å². The molecule has 0 saturated carbocycles. The zero-order chi connectivity index (χ0) is 18.0. The van der Waals surface area contributed by atoms with E-state index in [1.165, 1.54) is 22.3 Å². The summed E-state index contributed by atoms with van der Waals surface area (Å²) in [6, 6.07) is 4.40. The van der Waals surface area contributed by atoms with Gasteiger partial charge in [0.2, 0.25) is 5.91 Å². The Bertz CT molecular complexity index is 807. The van der Waals surface area contributed by atoms with Crippen LogP contribution in [0.2, 0.25) is 0 Å². The fourth-order valence-electron chi connectivity index (χ4n) is 3.04. The lowest BCUT2D eigenvalue weighted by Crippen LogP contribution is -3.14. The maximum Gasteiger partial charge on any atom is 0.252 e. The third-order valence-corrected chi connectivity index (χ3v) is 6.40. The van der Waals surface area contributed by atoms with Crippen LogP contribution >= 0.6 is 22.7 Å². The first-order valence-corrected chi connectivity index (χ1v) is 9.96. The van der Waals surface area contributed by atoms with Crippen LogP contribution in [0.15, 0.2) is 23.6 Å². The van der Waals surface area contributed by atoms with Gasteiger partial charge in [-0.05, 0) is 36.9 Å². The lowest BCUT2D eigenvalue weighted by Gasteiger charge is -2.27. The van der Waals surface area contributed by atoms with Gasteiger partial charge in [0.25, 0.3) is 5.91 Å². The van der Waals surface area contributed by atoms with Crippen molar-refractivity contribution in [3.05, 3.63) is 44.5 Å². The van der Waals surface area contributed by atoms with Gasteiger partial charge in [0.05, 0.1) is 23.0 Å². The van der Waals surface area contributed by atoms with E-state index in [0.29, 0.717) is 16.6 Å². The molecule has 0 saturated heterocycles. The highest BCUT2D eigenvalue weighted by Gasteiger charge is 2.30. The average Bonchev–Trinajstić information content (AvgIpc) is 3.19. The predicted molar refractivity (Wildman–Crippen MR) is 103 cm³/mol. The van der Waals surface area contributed by atoms with Gasteiger partial charge in [0, 0.05) is 17.4 Å². The summed E-state index contributed by atoms with van der Waals surface area (Å²) < 4.78 is 0. The third kappa shape index (κ3) is 4.00. The van der Waals surface area contributed by atoms with Crippen LogP contribution < -0.4 is 16.0 Å². The SMILES string of the molecule is CC(C)[NH+]1CCc2c(sc(NC(=O)/C=C/c3cccs3)c2C(N)=O)C1. The van der Waals surface area contributed by atoms with E-state index in [4.69, 9.17) is 5.73 Å². The largest absolute Gasteiger partial charge is 0.365 e. The maximum absolute atomic E-state index is 12.2. The van der Waals surface area contributed by atoms with Crippen LogP contribution in [0.5, 0.6) is 0 Å². The molecule has 3 rings (SSSR count). The summed E-state index contributed by atoms with van der Waals surface area (Å²) in [7, 11) is 0. The van der Waals surface area contributed by atoms with Crippen LogP contribution in [0.4, 0.5) is 5.00 Å². The molecule has 0 aromatic carbocycles. The molecule has 1 aliphatic heterocycles. The molecular weight excluding hydrogens is 354 g/mol. The molecule has 0 bridgehead atoms. The van der Waals surface area contributed by atoms with Gasteiger partial charge in [-0.1, -0.05) is 6.07 Å². The molecule has 0 fully saturated rings. The average molecular weight is 377 g/mol. The quantitative estimate of drug-likeness (QED) is 0.697. The first kappa shape index (κ1) is 17.8. The van der Waals surface area contributed by atoms with E-state index < -0.39 is 5.91 Å². The Morgan fingerprint density at radius 1 is 1.40 bits per heavy atom. The van der Waals surface area contributed by atoms with Crippen LogP contribution in [0.3, 0.4) is 0 Å². The number of primary amides is 1. The number of amides is 2. The first-order chi connectivity index (χ1) is 12.0. The molecule has 5 nitrogen and oxygen atoms in total. The van der Waals surface area contributed by atoms with Crippen LogP contribution in [-0.4, -0.2) is 24.4 Å². The van der Waals surface area contributed by atoms with Gasteiger partial charge < -0.3 is 16.0 Å². The summed E-state index contributed by atoms with van der Waals surface area (Å²) >= 11 is 3.04. The fraction of sp³-hybridized carbons (Fsp3) is 0.333. The molecule has 2 aromatic rings. The van der Waals surface area contributed by atoms with Crippen LogP contribution in [0.25, 0.3) is 6.08 Å². The monoisotopic (exact) mass is 376 g/mol. The first-order valence-electron chi connectivity index (χ1n) is 8.27. The molecule has 1 aliphatic rings. The number of hydrogen-bond acceptors (Lipinski definition) is 4. The van der Waals surface area contributed by atoms with Crippen LogP contribution in [0.1, 0.15) is 39.5 Å². The molecule has 0 radical (unpaired) electrons. The summed E-state index contributed by atoms with van der Waals surface area (Å²) in [6.07, 6.45) is 4.07. The Morgan fingerprint density at radius 3 is 2.84 bits per heavy atom. The number of hydrogen-bond donors (Lipinski definition) is 3. The summed E-state index contributed by atoms with van der Waals surface area (Å²) in [6.45, 7) is 6.24. The smallest absolute Gasteiger partial charge is 0.252 e. The molecule has 2 aromatic heterocycles. The highest BCUT2D eigenvalue weighted by atomic mass is 32.1. The van der Waals surface area contributed by atoms with E-state index >= 15 is 0 Å². The second-order valence-electron chi connectivity index (χ2n) is 6.40. The fourth-order valence-corrected chi connectivity index (χ4v) is 4.97. The summed E-state index contributed by atoms with van der Waals surface area (Å²) in [4.78, 5) is 27.8. The number of thiophene rings is 2. The van der Waals surface area contributed by atoms with Crippen LogP contribution in [0, 0.1) is 0 Å². The van der Waals surface area contributed by atoms with Gasteiger partial charge in [-0.3, -0.25) is 9.59 Å². The summed E-state index contributed by atoms with van der Waals surface area (Å²) in [5.41, 5.74) is 7.10. The van der Waals surface area contributed by atoms with E-state index in [9.17, 15) is 9.59 Å². The molecule has 0 aliphatic carbocycles. The topological polar surface area (TPSA) is 76.6 Å². The Balaban J connectivity index is 1.81. The number of fused-ring (bicyclic) bond motifs is 1. The van der Waals surface area contributed by atoms with Crippen molar-refractivity contribution < 1.29 is 14.5 Å². The molecule has 1 unspecified atom stereocenters. The lowest BCUT2D eigenvalue weighted by atomic mass is 10.0. The normalized spacial score (nSPS) is 17.0. The van der Waals surface area contributed by atoms with Gasteiger partial charge in [-0.2, -0.15) is 0 Å². The molecule has 3 heterocycles. The van der Waals surface area contributed by atoms with Crippen molar-refractivity contribution in [1.29, 1.82) is 0 Å². The predicted octanol–water partition coefficient (Wildman–Crippen LogP) is 1.91. The van der Waals surface area contributed by atoms with E-state index in [-0.39, 0.29) is 5.91 Å². The zero-order valence-corrected chi connectivity index (χ0v) is 15.9. The number of quaternary nitrogens is 1. The van der Waals surface area contributed by atoms with Crippen LogP contribution in [-0.2, 0) is 17.8 Å². The number of rotatable bonds is 5. The van der Waals surface area contributed by atoms with Crippen molar-refractivity contribution in [3.63, 3.8) is 0 Å². The van der Waals surface area contributed by atoms with Gasteiger partial charge in [0.15, 0.2) is 0 Å². The minimum absolute atomic E-state index is 0.248. The van der Waals surface area contributed by atoms with E-state index in [1.54, 1.807) is 17.4 Å². The molecule has 7 heteroatoms. The van der Waals surface area contributed by atoms with Crippen molar-refractivity contribution in [2.75, 3.05) is 11.9 Å². The second-order valence-corrected chi connectivity index (χ2v) is 8.48. The number of nitrogens with one attached hydrogen (secondary N) is 2. The molecule has 4 N–H and O–H groups in total. The Hall–Kier alpha value is -1.96. The second kappa shape index (κ2) is 7.51. The Morgan fingerprint density at radius 2 is 2.20 bits per heavy atom. The van der Waals surface area contributed by atoms with Gasteiger partial charge in [-0.15, -0.1) is 22.7 Å². The zero-order valence-electron chi connectivity index (χ0n) is 14.3. The molecule has 1 atom stereocenters. The van der Waals surface area contributed by atoms with Crippen molar-refractivity contribution >= 4 is 45.6 Å². The number of carbonyl (C=O) groups is 2. The van der Waals surface area contributed by atoms with Gasteiger partial charge in [-0.25, -0.2) is 0 Å². The van der Waals surface area contributed by atoms with Gasteiger partial charge in [0.1, 0.15) is 11.5 Å². The van der Waals surface area contributed by atoms with Gasteiger partial charge >= 0.3 is 0 Å².